The van der Waals surface area contributed by atoms with E-state index in [4.69, 9.17) is 15.5 Å². The molecular formula is C22H28N4O3S. The summed E-state index contributed by atoms with van der Waals surface area (Å²) in [4.78, 5) is 7.62. The summed E-state index contributed by atoms with van der Waals surface area (Å²) in [7, 11) is -1.16. The summed E-state index contributed by atoms with van der Waals surface area (Å²) in [5, 5.41) is 4.46. The minimum Gasteiger partial charge on any atom is -0.497 e. The average molecular weight is 429 g/mol. The number of benzene rings is 2. The second-order valence-electron chi connectivity index (χ2n) is 7.38. The van der Waals surface area contributed by atoms with Gasteiger partial charge in [0, 0.05) is 36.8 Å². The number of fused-ring (bicyclic) bond motifs is 2. The fourth-order valence-electron chi connectivity index (χ4n) is 3.73. The molecule has 0 atom stereocenters. The SMILES string of the molecule is COc1ccc2nc(N3CCS(O)(O)c4ccccc4C3)cc(NCCCN)c2c1. The first kappa shape index (κ1) is 20.7. The minimum absolute atomic E-state index is 0.280. The van der Waals surface area contributed by atoms with E-state index in [1.807, 2.05) is 48.5 Å². The van der Waals surface area contributed by atoms with E-state index in [2.05, 4.69) is 10.2 Å². The van der Waals surface area contributed by atoms with E-state index in [-0.39, 0.29) is 5.75 Å². The van der Waals surface area contributed by atoms with Gasteiger partial charge in [-0.1, -0.05) is 18.2 Å². The number of aromatic nitrogens is 1. The highest BCUT2D eigenvalue weighted by atomic mass is 32.3. The lowest BCUT2D eigenvalue weighted by molar-refractivity contribution is 0.415. The van der Waals surface area contributed by atoms with Crippen LogP contribution in [0.5, 0.6) is 5.75 Å². The highest BCUT2D eigenvalue weighted by Gasteiger charge is 2.26. The molecule has 0 saturated carbocycles. The number of ether oxygens (including phenoxy) is 1. The lowest BCUT2D eigenvalue weighted by atomic mass is 10.1. The molecule has 0 fully saturated rings. The average Bonchev–Trinajstić information content (AvgIpc) is 2.89. The Morgan fingerprint density at radius 2 is 2.03 bits per heavy atom. The molecule has 0 aliphatic carbocycles. The molecule has 2 aromatic carbocycles. The maximum absolute atomic E-state index is 10.7. The third-order valence-corrected chi connectivity index (χ3v) is 7.21. The zero-order valence-corrected chi connectivity index (χ0v) is 17.9. The summed E-state index contributed by atoms with van der Waals surface area (Å²) in [6.07, 6.45) is 0.862. The van der Waals surface area contributed by atoms with Crippen molar-refractivity contribution in [1.29, 1.82) is 0 Å². The second kappa shape index (κ2) is 8.69. The van der Waals surface area contributed by atoms with Crippen LogP contribution in [0.15, 0.2) is 53.4 Å². The van der Waals surface area contributed by atoms with Gasteiger partial charge in [-0.05, 0) is 42.8 Å². The molecule has 4 rings (SSSR count). The number of pyridine rings is 1. The Morgan fingerprint density at radius 3 is 2.83 bits per heavy atom. The van der Waals surface area contributed by atoms with Crippen molar-refractivity contribution in [2.45, 2.75) is 17.9 Å². The molecule has 5 N–H and O–H groups in total. The molecule has 0 spiro atoms. The number of nitrogens with zero attached hydrogens (tertiary/aromatic N) is 2. The lowest BCUT2D eigenvalue weighted by Gasteiger charge is -2.32. The van der Waals surface area contributed by atoms with E-state index in [9.17, 15) is 9.11 Å². The molecule has 2 heterocycles. The van der Waals surface area contributed by atoms with Crippen molar-refractivity contribution in [3.05, 3.63) is 54.1 Å². The molecule has 8 heteroatoms. The quantitative estimate of drug-likeness (QED) is 0.438. The monoisotopic (exact) mass is 428 g/mol. The minimum atomic E-state index is -2.81. The molecule has 0 bridgehead atoms. The van der Waals surface area contributed by atoms with Gasteiger partial charge in [0.25, 0.3) is 0 Å². The predicted molar refractivity (Wildman–Crippen MR) is 124 cm³/mol. The third kappa shape index (κ3) is 4.17. The van der Waals surface area contributed by atoms with E-state index in [0.29, 0.717) is 24.5 Å². The molecule has 7 nitrogen and oxygen atoms in total. The zero-order valence-electron chi connectivity index (χ0n) is 17.0. The lowest BCUT2D eigenvalue weighted by Crippen LogP contribution is -2.26. The number of rotatable bonds is 6. The van der Waals surface area contributed by atoms with Gasteiger partial charge in [0.15, 0.2) is 0 Å². The van der Waals surface area contributed by atoms with Gasteiger partial charge in [0.05, 0.1) is 23.3 Å². The van der Waals surface area contributed by atoms with Crippen LogP contribution < -0.4 is 20.7 Å². The van der Waals surface area contributed by atoms with Crippen LogP contribution in [-0.2, 0) is 6.54 Å². The van der Waals surface area contributed by atoms with E-state index in [1.54, 1.807) is 7.11 Å². The molecule has 1 aliphatic heterocycles. The van der Waals surface area contributed by atoms with Crippen molar-refractivity contribution in [1.82, 2.24) is 4.98 Å². The summed E-state index contributed by atoms with van der Waals surface area (Å²) < 4.78 is 26.7. The number of hydrogen-bond acceptors (Lipinski definition) is 7. The Bertz CT molecular complexity index is 1040. The van der Waals surface area contributed by atoms with Crippen molar-refractivity contribution >= 4 is 33.0 Å². The number of nitrogens with two attached hydrogens (primary N) is 1. The topological polar surface area (TPSA) is 104 Å². The smallest absolute Gasteiger partial charge is 0.131 e. The first-order valence-corrected chi connectivity index (χ1v) is 11.7. The Kier molecular flexibility index (Phi) is 6.01. The van der Waals surface area contributed by atoms with Crippen LogP contribution in [0.2, 0.25) is 0 Å². The maximum Gasteiger partial charge on any atom is 0.131 e. The van der Waals surface area contributed by atoms with Gasteiger partial charge in [-0.25, -0.2) is 4.98 Å². The molecule has 160 valence electrons. The summed E-state index contributed by atoms with van der Waals surface area (Å²) >= 11 is 0. The number of anilines is 2. The van der Waals surface area contributed by atoms with Crippen molar-refractivity contribution < 1.29 is 13.8 Å². The third-order valence-electron chi connectivity index (χ3n) is 5.35. The van der Waals surface area contributed by atoms with Gasteiger partial charge >= 0.3 is 0 Å². The predicted octanol–water partition coefficient (Wildman–Crippen LogP) is 4.13. The second-order valence-corrected chi connectivity index (χ2v) is 9.56. The van der Waals surface area contributed by atoms with Crippen LogP contribution in [0.25, 0.3) is 10.9 Å². The molecule has 0 radical (unpaired) electrons. The van der Waals surface area contributed by atoms with E-state index in [0.717, 1.165) is 46.7 Å². The van der Waals surface area contributed by atoms with Crippen molar-refractivity contribution in [2.75, 3.05) is 42.7 Å². The Labute approximate surface area is 178 Å². The molecule has 0 unspecified atom stereocenters. The summed E-state index contributed by atoms with van der Waals surface area (Å²) in [6, 6.07) is 15.4. The molecule has 30 heavy (non-hydrogen) atoms. The molecule has 1 aliphatic rings. The first-order chi connectivity index (χ1) is 14.5. The van der Waals surface area contributed by atoms with Gasteiger partial charge in [0.1, 0.15) is 11.6 Å². The number of methoxy groups -OCH3 is 1. The normalized spacial score (nSPS) is 16.6. The molecule has 1 aromatic heterocycles. The molecular weight excluding hydrogens is 400 g/mol. The highest BCUT2D eigenvalue weighted by molar-refractivity contribution is 8.24. The van der Waals surface area contributed by atoms with Crippen molar-refractivity contribution in [3.63, 3.8) is 0 Å². The number of nitrogens with one attached hydrogen (secondary N) is 1. The Morgan fingerprint density at radius 1 is 1.20 bits per heavy atom. The maximum atomic E-state index is 10.7. The zero-order chi connectivity index (χ0) is 21.1. The van der Waals surface area contributed by atoms with Gasteiger partial charge in [-0.3, -0.25) is 9.11 Å². The van der Waals surface area contributed by atoms with Crippen LogP contribution in [0, 0.1) is 0 Å². The standard InChI is InChI=1S/C22H28N4O3S/c1-29-17-7-8-19-18(13-17)20(24-10-4-9-23)14-22(25-19)26-11-12-30(27,28)21-6-3-2-5-16(21)15-26/h2-3,5-8,13-14,27-28H,4,9-12,15,23H2,1H3,(H,24,25). The van der Waals surface area contributed by atoms with E-state index < -0.39 is 10.6 Å². The van der Waals surface area contributed by atoms with E-state index >= 15 is 0 Å². The summed E-state index contributed by atoms with van der Waals surface area (Å²) in [5.74, 6) is 1.86. The Hall–Kier alpha value is -2.52. The molecule has 0 saturated heterocycles. The van der Waals surface area contributed by atoms with Crippen LogP contribution in [0.1, 0.15) is 12.0 Å². The summed E-state index contributed by atoms with van der Waals surface area (Å²) in [6.45, 7) is 2.46. The fraction of sp³-hybridized carbons (Fsp3) is 0.318. The molecule has 0 amide bonds. The van der Waals surface area contributed by atoms with Gasteiger partial charge in [-0.15, -0.1) is 0 Å². The van der Waals surface area contributed by atoms with Crippen LogP contribution in [0.3, 0.4) is 0 Å². The largest absolute Gasteiger partial charge is 0.497 e. The van der Waals surface area contributed by atoms with Gasteiger partial charge in [0.2, 0.25) is 0 Å². The van der Waals surface area contributed by atoms with Crippen molar-refractivity contribution in [3.8, 4) is 5.75 Å². The summed E-state index contributed by atoms with van der Waals surface area (Å²) in [5.41, 5.74) is 8.40. The number of hydrogen-bond donors (Lipinski definition) is 4. The highest BCUT2D eigenvalue weighted by Crippen LogP contribution is 2.51. The van der Waals surface area contributed by atoms with Crippen molar-refractivity contribution in [2.24, 2.45) is 5.73 Å². The van der Waals surface area contributed by atoms with Crippen LogP contribution in [-0.4, -0.2) is 46.6 Å². The van der Waals surface area contributed by atoms with Gasteiger partial charge in [-0.2, -0.15) is 10.6 Å². The first-order valence-electron chi connectivity index (χ1n) is 10.0. The Balaban J connectivity index is 1.75. The van der Waals surface area contributed by atoms with Crippen LogP contribution >= 0.6 is 10.6 Å². The van der Waals surface area contributed by atoms with E-state index in [1.165, 1.54) is 0 Å². The van der Waals surface area contributed by atoms with Gasteiger partial charge < -0.3 is 20.7 Å². The fourth-order valence-corrected chi connectivity index (χ4v) is 5.28. The molecule has 3 aromatic rings. The van der Waals surface area contributed by atoms with Crippen LogP contribution in [0.4, 0.5) is 11.5 Å².